The number of carbonyl (C=O) groups excluding carboxylic acids is 2. The number of hydrogen-bond donors (Lipinski definition) is 0. The number of nitro groups is 1. The average Bonchev–Trinajstić information content (AvgIpc) is 2.64. The number of amides is 1. The molecule has 0 fully saturated rings. The highest BCUT2D eigenvalue weighted by molar-refractivity contribution is 6.00. The third-order valence-corrected chi connectivity index (χ3v) is 3.48. The Morgan fingerprint density at radius 3 is 2.44 bits per heavy atom. The van der Waals surface area contributed by atoms with Gasteiger partial charge in [-0.25, -0.2) is 9.59 Å². The van der Waals surface area contributed by atoms with Gasteiger partial charge in [0.25, 0.3) is 5.69 Å². The molecule has 0 saturated carbocycles. The molecule has 2 aromatic carbocycles. The minimum Gasteiger partial charge on any atom is -0.457 e. The molecule has 0 atom stereocenters. The Kier molecular flexibility index (Phi) is 5.67. The fraction of sp³-hybridized carbons (Fsp3) is 0.176. The van der Waals surface area contributed by atoms with Crippen LogP contribution in [0.4, 0.5) is 16.2 Å². The Morgan fingerprint density at radius 1 is 1.12 bits per heavy atom. The predicted molar refractivity (Wildman–Crippen MR) is 89.5 cm³/mol. The van der Waals surface area contributed by atoms with E-state index in [1.165, 1.54) is 43.3 Å². The molecule has 0 spiro atoms. The number of nitrogens with zero attached hydrogens (tertiary/aromatic N) is 2. The molecule has 0 aliphatic rings. The maximum Gasteiger partial charge on any atom is 0.413 e. The first kappa shape index (κ1) is 17.9. The summed E-state index contributed by atoms with van der Waals surface area (Å²) in [7, 11) is 2.69. The molecule has 0 saturated heterocycles. The van der Waals surface area contributed by atoms with Crippen molar-refractivity contribution >= 4 is 23.4 Å². The van der Waals surface area contributed by atoms with E-state index in [4.69, 9.17) is 4.74 Å². The van der Waals surface area contributed by atoms with Crippen molar-refractivity contribution < 1.29 is 24.0 Å². The van der Waals surface area contributed by atoms with Gasteiger partial charge in [-0.3, -0.25) is 15.0 Å². The van der Waals surface area contributed by atoms with E-state index >= 15 is 0 Å². The van der Waals surface area contributed by atoms with Gasteiger partial charge in [-0.2, -0.15) is 0 Å². The lowest BCUT2D eigenvalue weighted by molar-refractivity contribution is -0.385. The Hall–Kier alpha value is -3.42. The zero-order chi connectivity index (χ0) is 18.4. The number of methoxy groups -OCH3 is 1. The molecule has 130 valence electrons. The number of para-hydroxylation sites is 2. The fourth-order valence-corrected chi connectivity index (χ4v) is 2.21. The number of esters is 1. The number of benzene rings is 2. The molecule has 0 bridgehead atoms. The summed E-state index contributed by atoms with van der Waals surface area (Å²) in [5, 5.41) is 11.0. The molecule has 2 rings (SSSR count). The maximum absolute atomic E-state index is 12.4. The van der Waals surface area contributed by atoms with Gasteiger partial charge in [0.15, 0.2) is 0 Å². The minimum absolute atomic E-state index is 0.129. The monoisotopic (exact) mass is 344 g/mol. The second-order valence-electron chi connectivity index (χ2n) is 5.01. The zero-order valence-corrected chi connectivity index (χ0v) is 13.7. The Labute approximate surface area is 143 Å². The van der Waals surface area contributed by atoms with Gasteiger partial charge in [-0.1, -0.05) is 24.3 Å². The molecule has 1 amide bonds. The van der Waals surface area contributed by atoms with Gasteiger partial charge in [-0.05, 0) is 18.2 Å². The van der Waals surface area contributed by atoms with Gasteiger partial charge >= 0.3 is 12.1 Å². The van der Waals surface area contributed by atoms with Gasteiger partial charge in [0.1, 0.15) is 6.61 Å². The van der Waals surface area contributed by atoms with Crippen molar-refractivity contribution in [1.82, 2.24) is 0 Å². The predicted octanol–water partition coefficient (Wildman–Crippen LogP) is 3.15. The number of nitro benzene ring substituents is 1. The van der Waals surface area contributed by atoms with Crippen LogP contribution < -0.4 is 4.90 Å². The number of hydrogen-bond acceptors (Lipinski definition) is 6. The van der Waals surface area contributed by atoms with E-state index in [2.05, 4.69) is 4.74 Å². The second-order valence-corrected chi connectivity index (χ2v) is 5.01. The topological polar surface area (TPSA) is 99.0 Å². The van der Waals surface area contributed by atoms with Crippen molar-refractivity contribution in [2.45, 2.75) is 6.61 Å². The first-order valence-electron chi connectivity index (χ1n) is 7.25. The Morgan fingerprint density at radius 2 is 1.76 bits per heavy atom. The molecule has 25 heavy (non-hydrogen) atoms. The zero-order valence-electron chi connectivity index (χ0n) is 13.7. The number of rotatable bonds is 5. The van der Waals surface area contributed by atoms with Gasteiger partial charge < -0.3 is 9.47 Å². The second kappa shape index (κ2) is 7.91. The van der Waals surface area contributed by atoms with Crippen LogP contribution in [0, 0.1) is 10.1 Å². The quantitative estimate of drug-likeness (QED) is 0.469. The molecule has 8 heteroatoms. The van der Waals surface area contributed by atoms with E-state index in [0.29, 0.717) is 5.69 Å². The highest BCUT2D eigenvalue weighted by Crippen LogP contribution is 2.23. The van der Waals surface area contributed by atoms with E-state index in [1.54, 1.807) is 24.3 Å². The molecule has 0 heterocycles. The van der Waals surface area contributed by atoms with Crippen molar-refractivity contribution in [2.75, 3.05) is 19.1 Å². The molecule has 0 aliphatic carbocycles. The van der Waals surface area contributed by atoms with E-state index in [1.807, 2.05) is 0 Å². The number of ether oxygens (including phenoxy) is 2. The molecule has 0 aliphatic heterocycles. The largest absolute Gasteiger partial charge is 0.457 e. The smallest absolute Gasteiger partial charge is 0.413 e. The molecule has 0 aromatic heterocycles. The highest BCUT2D eigenvalue weighted by Gasteiger charge is 2.21. The highest BCUT2D eigenvalue weighted by atomic mass is 16.6. The third kappa shape index (κ3) is 4.11. The van der Waals surface area contributed by atoms with Crippen LogP contribution in [0.25, 0.3) is 0 Å². The lowest BCUT2D eigenvalue weighted by atomic mass is 10.1. The van der Waals surface area contributed by atoms with Crippen LogP contribution in [-0.4, -0.2) is 31.1 Å². The van der Waals surface area contributed by atoms with E-state index in [9.17, 15) is 19.7 Å². The van der Waals surface area contributed by atoms with Crippen LogP contribution in [-0.2, 0) is 16.1 Å². The SMILES string of the molecule is COC(=O)N(C)c1ccccc1C(=O)OCc1ccccc1[N+](=O)[O-]. The Bertz CT molecular complexity index is 805. The molecule has 2 aromatic rings. The fourth-order valence-electron chi connectivity index (χ4n) is 2.21. The number of carbonyl (C=O) groups is 2. The first-order valence-corrected chi connectivity index (χ1v) is 7.25. The standard InChI is InChI=1S/C17H16N2O6/c1-18(17(21)24-2)15-10-6-4-8-13(15)16(20)25-11-12-7-3-5-9-14(12)19(22)23/h3-10H,11H2,1-2H3. The summed E-state index contributed by atoms with van der Waals surface area (Å²) >= 11 is 0. The number of anilines is 1. The molecular formula is C17H16N2O6. The van der Waals surface area contributed by atoms with Crippen LogP contribution in [0.3, 0.4) is 0 Å². The summed E-state index contributed by atoms with van der Waals surface area (Å²) in [6, 6.07) is 12.3. The van der Waals surface area contributed by atoms with E-state index in [0.717, 1.165) is 0 Å². The summed E-state index contributed by atoms with van der Waals surface area (Å²) in [5.41, 5.74) is 0.603. The minimum atomic E-state index is -0.704. The van der Waals surface area contributed by atoms with Crippen molar-refractivity contribution in [3.8, 4) is 0 Å². The molecule has 8 nitrogen and oxygen atoms in total. The van der Waals surface area contributed by atoms with E-state index < -0.39 is 17.0 Å². The third-order valence-electron chi connectivity index (χ3n) is 3.48. The Balaban J connectivity index is 2.20. The van der Waals surface area contributed by atoms with Gasteiger partial charge in [0, 0.05) is 13.1 Å². The summed E-state index contributed by atoms with van der Waals surface area (Å²) in [5.74, 6) is -0.704. The first-order chi connectivity index (χ1) is 12.0. The molecule has 0 N–H and O–H groups in total. The normalized spacial score (nSPS) is 10.0. The van der Waals surface area contributed by atoms with Crippen LogP contribution in [0.15, 0.2) is 48.5 Å². The van der Waals surface area contributed by atoms with Gasteiger partial charge in [-0.15, -0.1) is 0 Å². The average molecular weight is 344 g/mol. The van der Waals surface area contributed by atoms with Crippen molar-refractivity contribution in [2.24, 2.45) is 0 Å². The van der Waals surface area contributed by atoms with Crippen LogP contribution in [0.2, 0.25) is 0 Å². The lowest BCUT2D eigenvalue weighted by Crippen LogP contribution is -2.27. The van der Waals surface area contributed by atoms with Crippen LogP contribution in [0.1, 0.15) is 15.9 Å². The summed E-state index contributed by atoms with van der Waals surface area (Å²) < 4.78 is 9.82. The molecule has 0 radical (unpaired) electrons. The summed E-state index contributed by atoms with van der Waals surface area (Å²) in [6.07, 6.45) is -0.640. The van der Waals surface area contributed by atoms with Gasteiger partial charge in [0.05, 0.1) is 28.8 Å². The van der Waals surface area contributed by atoms with Crippen LogP contribution >= 0.6 is 0 Å². The van der Waals surface area contributed by atoms with Crippen molar-refractivity contribution in [3.63, 3.8) is 0 Å². The van der Waals surface area contributed by atoms with Crippen LogP contribution in [0.5, 0.6) is 0 Å². The molecule has 0 unspecified atom stereocenters. The lowest BCUT2D eigenvalue weighted by Gasteiger charge is -2.18. The van der Waals surface area contributed by atoms with E-state index in [-0.39, 0.29) is 23.4 Å². The summed E-state index contributed by atoms with van der Waals surface area (Å²) in [4.78, 5) is 35.7. The van der Waals surface area contributed by atoms with Crippen molar-refractivity contribution in [3.05, 3.63) is 69.8 Å². The van der Waals surface area contributed by atoms with Gasteiger partial charge in [0.2, 0.25) is 0 Å². The summed E-state index contributed by atoms with van der Waals surface area (Å²) in [6.45, 7) is -0.258. The van der Waals surface area contributed by atoms with Crippen molar-refractivity contribution in [1.29, 1.82) is 0 Å². The maximum atomic E-state index is 12.4. The molecular weight excluding hydrogens is 328 g/mol.